The van der Waals surface area contributed by atoms with Gasteiger partial charge in [0.25, 0.3) is 5.91 Å². The van der Waals surface area contributed by atoms with Crippen LogP contribution in [0.1, 0.15) is 21.5 Å². The SMILES string of the molecule is Cc1cc(C)cc(C(=O)Nc2ccc(Br)cc2F)c1. The summed E-state index contributed by atoms with van der Waals surface area (Å²) in [5, 5.41) is 2.57. The number of carbonyl (C=O) groups excluding carboxylic acids is 1. The highest BCUT2D eigenvalue weighted by atomic mass is 79.9. The van der Waals surface area contributed by atoms with Crippen molar-refractivity contribution in [1.82, 2.24) is 0 Å². The highest BCUT2D eigenvalue weighted by molar-refractivity contribution is 9.10. The lowest BCUT2D eigenvalue weighted by molar-refractivity contribution is 0.102. The first kappa shape index (κ1) is 13.7. The van der Waals surface area contributed by atoms with Crippen LogP contribution >= 0.6 is 15.9 Å². The van der Waals surface area contributed by atoms with E-state index < -0.39 is 5.82 Å². The first-order valence-corrected chi connectivity index (χ1v) is 6.60. The van der Waals surface area contributed by atoms with Crippen LogP contribution < -0.4 is 5.32 Å². The molecule has 4 heteroatoms. The maximum atomic E-state index is 13.6. The van der Waals surface area contributed by atoms with Gasteiger partial charge >= 0.3 is 0 Å². The van der Waals surface area contributed by atoms with E-state index in [1.807, 2.05) is 19.9 Å². The van der Waals surface area contributed by atoms with Gasteiger partial charge in [0.1, 0.15) is 5.82 Å². The molecule has 0 bridgehead atoms. The number of rotatable bonds is 2. The Morgan fingerprint density at radius 2 is 1.74 bits per heavy atom. The maximum Gasteiger partial charge on any atom is 0.255 e. The Hall–Kier alpha value is -1.68. The normalized spacial score (nSPS) is 10.3. The number of aryl methyl sites for hydroxylation is 2. The Balaban J connectivity index is 2.25. The second-order valence-electron chi connectivity index (χ2n) is 4.45. The van der Waals surface area contributed by atoms with Crippen LogP contribution in [0, 0.1) is 19.7 Å². The smallest absolute Gasteiger partial charge is 0.255 e. The summed E-state index contributed by atoms with van der Waals surface area (Å²) in [6, 6.07) is 10.1. The van der Waals surface area contributed by atoms with Crippen molar-refractivity contribution in [1.29, 1.82) is 0 Å². The van der Waals surface area contributed by atoms with Crippen molar-refractivity contribution in [2.45, 2.75) is 13.8 Å². The molecule has 2 nitrogen and oxygen atoms in total. The molecule has 0 radical (unpaired) electrons. The molecule has 2 aromatic rings. The van der Waals surface area contributed by atoms with Crippen LogP contribution in [0.4, 0.5) is 10.1 Å². The minimum absolute atomic E-state index is 0.173. The van der Waals surface area contributed by atoms with Crippen LogP contribution in [-0.4, -0.2) is 5.91 Å². The van der Waals surface area contributed by atoms with E-state index in [1.54, 1.807) is 18.2 Å². The van der Waals surface area contributed by atoms with Crippen LogP contribution in [-0.2, 0) is 0 Å². The standard InChI is InChI=1S/C15H13BrFNO/c1-9-5-10(2)7-11(6-9)15(19)18-14-4-3-12(16)8-13(14)17/h3-8H,1-2H3,(H,18,19). The number of halogens is 2. The molecule has 98 valence electrons. The predicted octanol–water partition coefficient (Wildman–Crippen LogP) is 4.46. The Bertz CT molecular complexity index is 620. The third-order valence-electron chi connectivity index (χ3n) is 2.66. The fourth-order valence-corrected chi connectivity index (χ4v) is 2.22. The zero-order chi connectivity index (χ0) is 14.0. The van der Waals surface area contributed by atoms with Gasteiger partial charge in [0.15, 0.2) is 0 Å². The second-order valence-corrected chi connectivity index (χ2v) is 5.37. The topological polar surface area (TPSA) is 29.1 Å². The lowest BCUT2D eigenvalue weighted by Crippen LogP contribution is -2.13. The summed E-state index contributed by atoms with van der Waals surface area (Å²) in [7, 11) is 0. The summed E-state index contributed by atoms with van der Waals surface area (Å²) in [5.74, 6) is -0.778. The van der Waals surface area contributed by atoms with E-state index >= 15 is 0 Å². The van der Waals surface area contributed by atoms with Crippen molar-refractivity contribution in [2.75, 3.05) is 5.32 Å². The molecular formula is C15H13BrFNO. The van der Waals surface area contributed by atoms with E-state index in [2.05, 4.69) is 21.2 Å². The summed E-state index contributed by atoms with van der Waals surface area (Å²) in [6.07, 6.45) is 0. The van der Waals surface area contributed by atoms with Crippen molar-refractivity contribution in [3.05, 3.63) is 63.4 Å². The van der Waals surface area contributed by atoms with Gasteiger partial charge in [-0.05, 0) is 44.2 Å². The van der Waals surface area contributed by atoms with Crippen molar-refractivity contribution < 1.29 is 9.18 Å². The van der Waals surface area contributed by atoms with Gasteiger partial charge in [-0.2, -0.15) is 0 Å². The molecule has 2 rings (SSSR count). The van der Waals surface area contributed by atoms with Crippen LogP contribution in [0.25, 0.3) is 0 Å². The van der Waals surface area contributed by atoms with Gasteiger partial charge in [0, 0.05) is 10.0 Å². The van der Waals surface area contributed by atoms with Gasteiger partial charge in [-0.25, -0.2) is 4.39 Å². The second kappa shape index (κ2) is 5.53. The van der Waals surface area contributed by atoms with Gasteiger partial charge in [-0.15, -0.1) is 0 Å². The molecule has 0 saturated carbocycles. The molecule has 1 amide bonds. The summed E-state index contributed by atoms with van der Waals surface area (Å²) in [4.78, 5) is 12.1. The molecule has 0 unspecified atom stereocenters. The van der Waals surface area contributed by atoms with Gasteiger partial charge in [0.2, 0.25) is 0 Å². The van der Waals surface area contributed by atoms with Crippen molar-refractivity contribution in [3.8, 4) is 0 Å². The number of amides is 1. The Labute approximate surface area is 119 Å². The minimum atomic E-state index is -0.466. The number of hydrogen-bond acceptors (Lipinski definition) is 1. The number of anilines is 1. The molecule has 0 fully saturated rings. The largest absolute Gasteiger partial charge is 0.319 e. The van der Waals surface area contributed by atoms with Crippen LogP contribution in [0.15, 0.2) is 40.9 Å². The number of carbonyl (C=O) groups is 1. The summed E-state index contributed by atoms with van der Waals surface area (Å²) < 4.78 is 14.3. The van der Waals surface area contributed by atoms with Crippen molar-refractivity contribution in [3.63, 3.8) is 0 Å². The molecule has 0 aliphatic heterocycles. The first-order valence-electron chi connectivity index (χ1n) is 5.80. The maximum absolute atomic E-state index is 13.6. The van der Waals surface area contributed by atoms with Crippen LogP contribution in [0.3, 0.4) is 0 Å². The third kappa shape index (κ3) is 3.41. The monoisotopic (exact) mass is 321 g/mol. The molecular weight excluding hydrogens is 309 g/mol. The highest BCUT2D eigenvalue weighted by Crippen LogP contribution is 2.20. The lowest BCUT2D eigenvalue weighted by atomic mass is 10.1. The zero-order valence-electron chi connectivity index (χ0n) is 10.6. The first-order chi connectivity index (χ1) is 8.95. The Morgan fingerprint density at radius 3 is 2.32 bits per heavy atom. The van der Waals surface area contributed by atoms with E-state index in [4.69, 9.17) is 0 Å². The van der Waals surface area contributed by atoms with E-state index in [0.29, 0.717) is 10.0 Å². The number of benzene rings is 2. The molecule has 0 aromatic heterocycles. The fourth-order valence-electron chi connectivity index (χ4n) is 1.89. The fraction of sp³-hybridized carbons (Fsp3) is 0.133. The molecule has 0 heterocycles. The molecule has 0 aliphatic carbocycles. The molecule has 1 N–H and O–H groups in total. The van der Waals surface area contributed by atoms with Gasteiger partial charge in [-0.3, -0.25) is 4.79 Å². The van der Waals surface area contributed by atoms with E-state index in [-0.39, 0.29) is 11.6 Å². The summed E-state index contributed by atoms with van der Waals surface area (Å²) in [5.41, 5.74) is 2.70. The Kier molecular flexibility index (Phi) is 4.00. The van der Waals surface area contributed by atoms with Crippen molar-refractivity contribution >= 4 is 27.5 Å². The third-order valence-corrected chi connectivity index (χ3v) is 3.16. The number of hydrogen-bond donors (Lipinski definition) is 1. The average Bonchev–Trinajstić information content (AvgIpc) is 2.31. The predicted molar refractivity (Wildman–Crippen MR) is 78.0 cm³/mol. The van der Waals surface area contributed by atoms with Crippen LogP contribution in [0.2, 0.25) is 0 Å². The van der Waals surface area contributed by atoms with Crippen molar-refractivity contribution in [2.24, 2.45) is 0 Å². The van der Waals surface area contributed by atoms with Crippen LogP contribution in [0.5, 0.6) is 0 Å². The van der Waals surface area contributed by atoms with E-state index in [9.17, 15) is 9.18 Å². The van der Waals surface area contributed by atoms with E-state index in [1.165, 1.54) is 12.1 Å². The quantitative estimate of drug-likeness (QED) is 0.869. The molecule has 0 saturated heterocycles. The molecule has 0 spiro atoms. The minimum Gasteiger partial charge on any atom is -0.319 e. The molecule has 0 aliphatic rings. The van der Waals surface area contributed by atoms with E-state index in [0.717, 1.165) is 11.1 Å². The molecule has 0 atom stereocenters. The average molecular weight is 322 g/mol. The van der Waals surface area contributed by atoms with Gasteiger partial charge in [0.05, 0.1) is 5.69 Å². The summed E-state index contributed by atoms with van der Waals surface area (Å²) >= 11 is 3.17. The van der Waals surface area contributed by atoms with Gasteiger partial charge in [-0.1, -0.05) is 33.1 Å². The van der Waals surface area contributed by atoms with Gasteiger partial charge < -0.3 is 5.32 Å². The number of nitrogens with one attached hydrogen (secondary N) is 1. The molecule has 19 heavy (non-hydrogen) atoms. The molecule has 2 aromatic carbocycles. The lowest BCUT2D eigenvalue weighted by Gasteiger charge is -2.08. The highest BCUT2D eigenvalue weighted by Gasteiger charge is 2.10. The Morgan fingerprint density at radius 1 is 1.11 bits per heavy atom. The zero-order valence-corrected chi connectivity index (χ0v) is 12.2. The summed E-state index contributed by atoms with van der Waals surface area (Å²) in [6.45, 7) is 3.84.